The first-order chi connectivity index (χ1) is 28.2. The Morgan fingerprint density at radius 3 is 2.24 bits per heavy atom. The Hall–Kier alpha value is -5.53. The van der Waals surface area contributed by atoms with Crippen LogP contribution in [0.4, 0.5) is 10.5 Å². The molecule has 0 spiro atoms. The van der Waals surface area contributed by atoms with Gasteiger partial charge < -0.3 is 26.6 Å². The number of hydrogen-bond acceptors (Lipinski definition) is 9. The maximum absolute atomic E-state index is 14.5. The zero-order chi connectivity index (χ0) is 42.3. The van der Waals surface area contributed by atoms with Crippen molar-refractivity contribution in [3.05, 3.63) is 66.7 Å². The normalized spacial score (nSPS) is 20.2. The molecule has 1 aliphatic heterocycles. The van der Waals surface area contributed by atoms with E-state index in [4.69, 9.17) is 5.73 Å². The Bertz CT molecular complexity index is 2040. The molecule has 2 heterocycles. The molecule has 0 radical (unpaired) electrons. The molecule has 14 nitrogen and oxygen atoms in total. The maximum atomic E-state index is 14.5. The minimum absolute atomic E-state index is 0.0116. The van der Waals surface area contributed by atoms with E-state index >= 15 is 0 Å². The third-order valence-corrected chi connectivity index (χ3v) is 12.6. The van der Waals surface area contributed by atoms with Crippen LogP contribution in [0.3, 0.4) is 0 Å². The number of nitrogens with two attached hydrogens (primary N) is 1. The van der Waals surface area contributed by atoms with Gasteiger partial charge in [0.25, 0.3) is 11.8 Å². The minimum Gasteiger partial charge on any atom is -0.363 e. The molecule has 3 fully saturated rings. The third kappa shape index (κ3) is 11.0. The molecule has 5 N–H and O–H groups in total. The van der Waals surface area contributed by atoms with E-state index in [2.05, 4.69) is 25.9 Å². The molecule has 2 saturated carbocycles. The number of likely N-dealkylation sites (tertiary alicyclic amines) is 1. The molecule has 2 aliphatic carbocycles. The number of aromatic nitrogens is 2. The van der Waals surface area contributed by atoms with Crippen LogP contribution in [0.15, 0.2) is 61.1 Å². The average molecular weight is 808 g/mol. The Morgan fingerprint density at radius 1 is 0.864 bits per heavy atom. The predicted octanol–water partition coefficient (Wildman–Crippen LogP) is 5.40. The van der Waals surface area contributed by atoms with Crippen molar-refractivity contribution in [2.24, 2.45) is 40.7 Å². The summed E-state index contributed by atoms with van der Waals surface area (Å²) >= 11 is 0. The number of Topliss-reactive ketones (excluding diaryl/α,β-unsaturated/α-hetero) is 3. The Labute approximate surface area is 345 Å². The van der Waals surface area contributed by atoms with E-state index in [1.54, 1.807) is 6.07 Å². The van der Waals surface area contributed by atoms with Gasteiger partial charge in [0, 0.05) is 55.8 Å². The molecule has 2 aromatic carbocycles. The molecule has 1 aromatic heterocycles. The first-order valence-electron chi connectivity index (χ1n) is 21.0. The monoisotopic (exact) mass is 807 g/mol. The summed E-state index contributed by atoms with van der Waals surface area (Å²) in [6, 6.07) is 11.1. The number of rotatable bonds is 16. The molecule has 314 valence electrons. The average Bonchev–Trinajstić information content (AvgIpc) is 3.63. The number of benzene rings is 2. The van der Waals surface area contributed by atoms with Gasteiger partial charge >= 0.3 is 6.03 Å². The van der Waals surface area contributed by atoms with Crippen LogP contribution >= 0.6 is 0 Å². The fraction of sp³-hybridized carbons (Fsp3) is 0.533. The van der Waals surface area contributed by atoms with Crippen molar-refractivity contribution < 1.29 is 33.6 Å². The van der Waals surface area contributed by atoms with Crippen molar-refractivity contribution in [1.82, 2.24) is 25.5 Å². The number of amides is 5. The van der Waals surface area contributed by atoms with Gasteiger partial charge in [-0.2, -0.15) is 0 Å². The van der Waals surface area contributed by atoms with Crippen LogP contribution in [0.1, 0.15) is 102 Å². The van der Waals surface area contributed by atoms with Gasteiger partial charge in [0.1, 0.15) is 11.5 Å². The van der Waals surface area contributed by atoms with Gasteiger partial charge in [-0.15, -0.1) is 0 Å². The molecular weight excluding hydrogens is 751 g/mol. The molecule has 14 heteroatoms. The second-order valence-corrected chi connectivity index (χ2v) is 17.8. The fourth-order valence-electron chi connectivity index (χ4n) is 8.89. The van der Waals surface area contributed by atoms with Crippen molar-refractivity contribution in [2.75, 3.05) is 18.4 Å². The summed E-state index contributed by atoms with van der Waals surface area (Å²) in [5.74, 6) is -6.05. The zero-order valence-corrected chi connectivity index (χ0v) is 34.3. The molecule has 1 saturated heterocycles. The summed E-state index contributed by atoms with van der Waals surface area (Å²) in [6.45, 7) is 5.53. The number of ketones is 3. The summed E-state index contributed by atoms with van der Waals surface area (Å²) in [4.78, 5) is 105. The summed E-state index contributed by atoms with van der Waals surface area (Å²) < 4.78 is 0. The highest BCUT2D eigenvalue weighted by Gasteiger charge is 2.45. The molecule has 0 bridgehead atoms. The smallest absolute Gasteiger partial charge is 0.321 e. The third-order valence-electron chi connectivity index (χ3n) is 12.6. The number of nitrogens with one attached hydrogen (secondary N) is 3. The lowest BCUT2D eigenvalue weighted by Gasteiger charge is -2.34. The standard InChI is InChI=1S/C45H57N7O7/c1-45(2,3)34(23-38(54)39(29-13-5-4-6-14-29)51-43(58)35-24-47-18-19-48-35)42(57)50-36-26-52(44(59)49-32-17-16-28-12-7-8-15-30(28)21-32)25-33(36)37(53)22-31(40(55)41(46)56)20-27-10-9-11-27/h7-8,12,15-19,21,24,27,29,31,33-34,36,39H,4-6,9-11,13-14,20,22-23,25-26H2,1-3H3,(H2,46,56)(H,49,59)(H,50,57)(H,51,58)/t31-,33-,34-,36?,39+/m1/s1. The van der Waals surface area contributed by atoms with Crippen molar-refractivity contribution in [3.8, 4) is 0 Å². The molecule has 59 heavy (non-hydrogen) atoms. The van der Waals surface area contributed by atoms with Gasteiger partial charge in [-0.1, -0.05) is 89.6 Å². The van der Waals surface area contributed by atoms with E-state index in [1.165, 1.54) is 23.5 Å². The topological polar surface area (TPSA) is 211 Å². The zero-order valence-electron chi connectivity index (χ0n) is 34.3. The van der Waals surface area contributed by atoms with Gasteiger partial charge in [-0.05, 0) is 59.4 Å². The Kier molecular flexibility index (Phi) is 13.9. The molecule has 6 rings (SSSR count). The number of fused-ring (bicyclic) bond motifs is 1. The highest BCUT2D eigenvalue weighted by atomic mass is 16.2. The number of carbonyl (C=O) groups excluding carboxylic acids is 7. The summed E-state index contributed by atoms with van der Waals surface area (Å²) in [7, 11) is 0. The molecule has 3 aliphatic rings. The van der Waals surface area contributed by atoms with Gasteiger partial charge in [-0.3, -0.25) is 33.8 Å². The lowest BCUT2D eigenvalue weighted by molar-refractivity contribution is -0.140. The van der Waals surface area contributed by atoms with Crippen LogP contribution in [-0.2, 0) is 24.0 Å². The van der Waals surface area contributed by atoms with Gasteiger partial charge in [0.15, 0.2) is 5.78 Å². The van der Waals surface area contributed by atoms with Crippen LogP contribution in [0.5, 0.6) is 0 Å². The SMILES string of the molecule is CC(C)(C)[C@H](CC(=O)[C@@H](NC(=O)c1cnccn1)C1CCCCC1)C(=O)NC1CN(C(=O)Nc2ccc3ccccc3c2)C[C@H]1C(=O)C[C@@H](CC1CCC1)C(=O)C(N)=O. The van der Waals surface area contributed by atoms with Crippen LogP contribution in [0.2, 0.25) is 0 Å². The fourth-order valence-corrected chi connectivity index (χ4v) is 8.89. The van der Waals surface area contributed by atoms with Crippen molar-refractivity contribution in [3.63, 3.8) is 0 Å². The Morgan fingerprint density at radius 2 is 1.59 bits per heavy atom. The first-order valence-corrected chi connectivity index (χ1v) is 21.0. The van der Waals surface area contributed by atoms with Gasteiger partial charge in [0.05, 0.1) is 24.2 Å². The predicted molar refractivity (Wildman–Crippen MR) is 222 cm³/mol. The number of urea groups is 1. The summed E-state index contributed by atoms with van der Waals surface area (Å²) in [5.41, 5.74) is 5.35. The highest BCUT2D eigenvalue weighted by molar-refractivity contribution is 6.36. The molecule has 1 unspecified atom stereocenters. The number of anilines is 1. The molecule has 5 atom stereocenters. The molecule has 5 amide bonds. The maximum Gasteiger partial charge on any atom is 0.321 e. The van der Waals surface area contributed by atoms with Crippen LogP contribution < -0.4 is 21.7 Å². The van der Waals surface area contributed by atoms with Gasteiger partial charge in [-0.25, -0.2) is 9.78 Å². The highest BCUT2D eigenvalue weighted by Crippen LogP contribution is 2.36. The quantitative estimate of drug-likeness (QED) is 0.136. The lowest BCUT2D eigenvalue weighted by atomic mass is 9.74. The summed E-state index contributed by atoms with van der Waals surface area (Å²) in [6.07, 6.45) is 11.4. The first kappa shape index (κ1) is 43.1. The van der Waals surface area contributed by atoms with Crippen LogP contribution in [-0.4, -0.2) is 81.1 Å². The number of nitrogens with zero attached hydrogens (tertiary/aromatic N) is 3. The van der Waals surface area contributed by atoms with Crippen molar-refractivity contribution in [1.29, 1.82) is 0 Å². The largest absolute Gasteiger partial charge is 0.363 e. The van der Waals surface area contributed by atoms with E-state index in [1.807, 2.05) is 57.2 Å². The van der Waals surface area contributed by atoms with Crippen molar-refractivity contribution >= 4 is 57.6 Å². The van der Waals surface area contributed by atoms with E-state index in [0.717, 1.165) is 62.1 Å². The minimum atomic E-state index is -1.09. The second-order valence-electron chi connectivity index (χ2n) is 17.8. The molecule has 3 aromatic rings. The van der Waals surface area contributed by atoms with E-state index in [-0.39, 0.29) is 55.0 Å². The van der Waals surface area contributed by atoms with E-state index in [0.29, 0.717) is 12.1 Å². The number of primary amides is 1. The van der Waals surface area contributed by atoms with Crippen molar-refractivity contribution in [2.45, 2.75) is 103 Å². The van der Waals surface area contributed by atoms with E-state index in [9.17, 15) is 33.6 Å². The lowest BCUT2D eigenvalue weighted by Crippen LogP contribution is -2.51. The molecular formula is C45H57N7O7. The van der Waals surface area contributed by atoms with Gasteiger partial charge in [0.2, 0.25) is 11.7 Å². The second kappa shape index (κ2) is 19.0. The van der Waals surface area contributed by atoms with Crippen LogP contribution in [0, 0.1) is 35.0 Å². The van der Waals surface area contributed by atoms with E-state index < -0.39 is 64.8 Å². The Balaban J connectivity index is 1.22. The number of hydrogen-bond donors (Lipinski definition) is 4. The van der Waals surface area contributed by atoms with Crippen LogP contribution in [0.25, 0.3) is 10.8 Å². The number of carbonyl (C=O) groups is 7. The summed E-state index contributed by atoms with van der Waals surface area (Å²) in [5, 5.41) is 10.8.